The van der Waals surface area contributed by atoms with Gasteiger partial charge >= 0.3 is 0 Å². The van der Waals surface area contributed by atoms with Crippen molar-refractivity contribution in [3.05, 3.63) is 230 Å². The van der Waals surface area contributed by atoms with Gasteiger partial charge in [0.25, 0.3) is 0 Å². The highest BCUT2D eigenvalue weighted by Crippen LogP contribution is 2.43. The lowest BCUT2D eigenvalue weighted by atomic mass is 9.89. The van der Waals surface area contributed by atoms with Crippen molar-refractivity contribution < 1.29 is 0 Å². The van der Waals surface area contributed by atoms with Gasteiger partial charge in [0.2, 0.25) is 0 Å². The predicted molar refractivity (Wildman–Crippen MR) is 259 cm³/mol. The number of hydrogen-bond acceptors (Lipinski definition) is 2. The molecule has 0 radical (unpaired) electrons. The smallest absolute Gasteiger partial charge is 0.160 e. The summed E-state index contributed by atoms with van der Waals surface area (Å²) < 4.78 is 4.84. The van der Waals surface area contributed by atoms with Crippen LogP contribution in [0.15, 0.2) is 218 Å². The lowest BCUT2D eigenvalue weighted by Gasteiger charge is -2.17. The highest BCUT2D eigenvalue weighted by Gasteiger charge is 2.21. The van der Waals surface area contributed by atoms with Crippen LogP contribution in [0, 0.1) is 0 Å². The van der Waals surface area contributed by atoms with Crippen molar-refractivity contribution >= 4 is 54.8 Å². The standard InChI is InChI=1S/C58H40N4/c1-4-18-39(19-5-1)50-38-51(60-58(59-50)40-20-6-2-7-21-40)43-24-14-22-41(36-43)46-30-16-35-55-56(46)49-29-11-13-33-53(49)62(55)45-27-15-23-42(37-45)47-31-17-34-54-57(47)48-28-10-12-32-52(48)61(54)44-25-8-3-9-26-44/h1-13,15-21,23-38H,14,22H2. The number of benzene rings is 8. The van der Waals surface area contributed by atoms with E-state index in [9.17, 15) is 0 Å². The first-order valence-electron chi connectivity index (χ1n) is 21.4. The zero-order valence-corrected chi connectivity index (χ0v) is 34.0. The number of allylic oxidation sites excluding steroid dienone is 4. The molecule has 1 aliphatic rings. The predicted octanol–water partition coefficient (Wildman–Crippen LogP) is 14.9. The van der Waals surface area contributed by atoms with Crippen LogP contribution < -0.4 is 0 Å². The summed E-state index contributed by atoms with van der Waals surface area (Å²) in [5.41, 5.74) is 17.1. The zero-order chi connectivity index (χ0) is 41.0. The van der Waals surface area contributed by atoms with Gasteiger partial charge in [-0.15, -0.1) is 0 Å². The lowest BCUT2D eigenvalue weighted by molar-refractivity contribution is 1.05. The SMILES string of the molecule is C1=C(c2cc(-c3ccccc3)nc(-c3ccccc3)n2)C=C(c2cccc3c2c2ccccc2n3-c2cccc(-c3cccc4c3c3ccccc3n4-c3ccccc3)c2)CC1. The van der Waals surface area contributed by atoms with Crippen LogP contribution in [0.4, 0.5) is 0 Å². The topological polar surface area (TPSA) is 35.6 Å². The van der Waals surface area contributed by atoms with Gasteiger partial charge in [0.1, 0.15) is 0 Å². The maximum atomic E-state index is 5.19. The van der Waals surface area contributed by atoms with Gasteiger partial charge in [0.15, 0.2) is 5.82 Å². The number of para-hydroxylation sites is 3. The molecule has 0 amide bonds. The molecule has 62 heavy (non-hydrogen) atoms. The molecule has 0 aliphatic heterocycles. The third kappa shape index (κ3) is 5.99. The first-order valence-corrected chi connectivity index (χ1v) is 21.4. The number of rotatable bonds is 7. The van der Waals surface area contributed by atoms with Gasteiger partial charge in [-0.1, -0.05) is 158 Å². The van der Waals surface area contributed by atoms with Crippen molar-refractivity contribution in [2.45, 2.75) is 12.8 Å². The quantitative estimate of drug-likeness (QED) is 0.161. The van der Waals surface area contributed by atoms with E-state index in [1.165, 1.54) is 65.9 Å². The van der Waals surface area contributed by atoms with Gasteiger partial charge < -0.3 is 9.13 Å². The Hall–Kier alpha value is -8.08. The van der Waals surface area contributed by atoms with Crippen LogP contribution in [-0.4, -0.2) is 19.1 Å². The van der Waals surface area contributed by atoms with E-state index < -0.39 is 0 Å². The lowest BCUT2D eigenvalue weighted by Crippen LogP contribution is -2.00. The minimum atomic E-state index is 0.731. The molecule has 0 atom stereocenters. The summed E-state index contributed by atoms with van der Waals surface area (Å²) in [6.45, 7) is 0. The molecule has 0 fully saturated rings. The second kappa shape index (κ2) is 14.9. The third-order valence-electron chi connectivity index (χ3n) is 12.4. The normalized spacial score (nSPS) is 12.9. The highest BCUT2D eigenvalue weighted by atomic mass is 15.0. The van der Waals surface area contributed by atoms with Gasteiger partial charge in [-0.25, -0.2) is 9.97 Å². The summed E-state index contributed by atoms with van der Waals surface area (Å²) in [7, 11) is 0. The van der Waals surface area contributed by atoms with Crippen LogP contribution in [0.3, 0.4) is 0 Å². The second-order valence-electron chi connectivity index (χ2n) is 16.1. The fourth-order valence-corrected chi connectivity index (χ4v) is 9.65. The minimum absolute atomic E-state index is 0.731. The molecule has 0 spiro atoms. The molecule has 0 saturated carbocycles. The first kappa shape index (κ1) is 35.8. The Kier molecular flexibility index (Phi) is 8.60. The van der Waals surface area contributed by atoms with Crippen LogP contribution in [-0.2, 0) is 0 Å². The van der Waals surface area contributed by atoms with Gasteiger partial charge in [-0.05, 0) is 101 Å². The van der Waals surface area contributed by atoms with Gasteiger partial charge in [-0.3, -0.25) is 0 Å². The fraction of sp³-hybridized carbons (Fsp3) is 0.0345. The molecule has 1 aliphatic carbocycles. The van der Waals surface area contributed by atoms with Crippen LogP contribution in [0.5, 0.6) is 0 Å². The number of fused-ring (bicyclic) bond motifs is 6. The van der Waals surface area contributed by atoms with E-state index in [0.29, 0.717) is 0 Å². The highest BCUT2D eigenvalue weighted by molar-refractivity contribution is 6.17. The molecule has 12 rings (SSSR count). The zero-order valence-electron chi connectivity index (χ0n) is 34.0. The second-order valence-corrected chi connectivity index (χ2v) is 16.1. The monoisotopic (exact) mass is 792 g/mol. The fourth-order valence-electron chi connectivity index (χ4n) is 9.65. The van der Waals surface area contributed by atoms with Crippen molar-refractivity contribution in [1.29, 1.82) is 0 Å². The van der Waals surface area contributed by atoms with Gasteiger partial charge in [0.05, 0.1) is 33.5 Å². The summed E-state index contributed by atoms with van der Waals surface area (Å²) in [6.07, 6.45) is 6.57. The van der Waals surface area contributed by atoms with Gasteiger partial charge in [-0.2, -0.15) is 0 Å². The summed E-state index contributed by atoms with van der Waals surface area (Å²) in [5.74, 6) is 0.731. The molecule has 292 valence electrons. The van der Waals surface area contributed by atoms with E-state index in [2.05, 4.69) is 203 Å². The first-order chi connectivity index (χ1) is 30.8. The molecule has 0 bridgehead atoms. The summed E-state index contributed by atoms with van der Waals surface area (Å²) in [6, 6.07) is 73.8. The summed E-state index contributed by atoms with van der Waals surface area (Å²) in [5, 5.41) is 5.02. The van der Waals surface area contributed by atoms with E-state index in [1.54, 1.807) is 0 Å². The largest absolute Gasteiger partial charge is 0.309 e. The molecule has 0 N–H and O–H groups in total. The Morgan fingerprint density at radius 2 is 0.903 bits per heavy atom. The Morgan fingerprint density at radius 3 is 1.61 bits per heavy atom. The van der Waals surface area contributed by atoms with E-state index in [-0.39, 0.29) is 0 Å². The molecule has 8 aromatic carbocycles. The van der Waals surface area contributed by atoms with Crippen molar-refractivity contribution in [1.82, 2.24) is 19.1 Å². The Morgan fingerprint density at radius 1 is 0.387 bits per heavy atom. The maximum Gasteiger partial charge on any atom is 0.160 e. The third-order valence-corrected chi connectivity index (χ3v) is 12.4. The van der Waals surface area contributed by atoms with E-state index >= 15 is 0 Å². The van der Waals surface area contributed by atoms with Crippen LogP contribution in [0.1, 0.15) is 24.1 Å². The summed E-state index contributed by atoms with van der Waals surface area (Å²) in [4.78, 5) is 10.2. The Labute approximate surface area is 360 Å². The molecular formula is C58H40N4. The average Bonchev–Trinajstić information content (AvgIpc) is 3.88. The minimum Gasteiger partial charge on any atom is -0.309 e. The van der Waals surface area contributed by atoms with E-state index in [4.69, 9.17) is 9.97 Å². The van der Waals surface area contributed by atoms with Crippen molar-refractivity contribution in [2.24, 2.45) is 0 Å². The molecule has 0 unspecified atom stereocenters. The van der Waals surface area contributed by atoms with E-state index in [0.717, 1.165) is 58.1 Å². The number of aromatic nitrogens is 4. The van der Waals surface area contributed by atoms with Crippen LogP contribution in [0.25, 0.3) is 99.9 Å². The Balaban J connectivity index is 0.997. The van der Waals surface area contributed by atoms with E-state index in [1.807, 2.05) is 24.3 Å². The maximum absolute atomic E-state index is 5.19. The van der Waals surface area contributed by atoms with Crippen LogP contribution >= 0.6 is 0 Å². The molecule has 4 heteroatoms. The molecular weight excluding hydrogens is 753 g/mol. The molecule has 0 saturated heterocycles. The number of nitrogens with zero attached hydrogens (tertiary/aromatic N) is 4. The molecule has 4 nitrogen and oxygen atoms in total. The molecule has 3 heterocycles. The molecule has 3 aromatic heterocycles. The van der Waals surface area contributed by atoms with Crippen molar-refractivity contribution in [2.75, 3.05) is 0 Å². The Bertz CT molecular complexity index is 3500. The van der Waals surface area contributed by atoms with Crippen molar-refractivity contribution in [3.8, 4) is 45.1 Å². The molecule has 11 aromatic rings. The van der Waals surface area contributed by atoms with Gasteiger partial charge in [0, 0.05) is 44.0 Å². The average molecular weight is 793 g/mol. The van der Waals surface area contributed by atoms with Crippen LogP contribution in [0.2, 0.25) is 0 Å². The summed E-state index contributed by atoms with van der Waals surface area (Å²) >= 11 is 0. The number of hydrogen-bond donors (Lipinski definition) is 0. The van der Waals surface area contributed by atoms with Crippen molar-refractivity contribution in [3.63, 3.8) is 0 Å².